The number of nitrogens with zero attached hydrogens (tertiary/aromatic N) is 2. The molecule has 2 aliphatic rings. The van der Waals surface area contributed by atoms with E-state index in [1.807, 2.05) is 19.9 Å². The highest BCUT2D eigenvalue weighted by Crippen LogP contribution is 2.36. The smallest absolute Gasteiger partial charge is 0.144 e. The van der Waals surface area contributed by atoms with Gasteiger partial charge in [-0.2, -0.15) is 5.26 Å². The number of nitrogens with one attached hydrogen (secondary N) is 1. The van der Waals surface area contributed by atoms with Gasteiger partial charge in [0.25, 0.3) is 0 Å². The van der Waals surface area contributed by atoms with Crippen LogP contribution in [0.15, 0.2) is 6.07 Å². The predicted octanol–water partition coefficient (Wildman–Crippen LogP) is 2.30. The van der Waals surface area contributed by atoms with E-state index in [1.54, 1.807) is 0 Å². The van der Waals surface area contributed by atoms with Crippen molar-refractivity contribution in [2.45, 2.75) is 51.4 Å². The maximum absolute atomic E-state index is 9.23. The first-order chi connectivity index (χ1) is 8.67. The number of anilines is 1. The second kappa shape index (κ2) is 4.25. The molecule has 1 aromatic heterocycles. The third-order valence-corrected chi connectivity index (χ3v) is 3.88. The first-order valence-electron chi connectivity index (χ1n) is 6.47. The van der Waals surface area contributed by atoms with Crippen LogP contribution in [0.2, 0.25) is 0 Å². The molecule has 2 aliphatic heterocycles. The Bertz CT molecular complexity index is 521. The van der Waals surface area contributed by atoms with Gasteiger partial charge in [-0.05, 0) is 44.7 Å². The Balaban J connectivity index is 1.86. The van der Waals surface area contributed by atoms with E-state index in [9.17, 15) is 5.26 Å². The molecule has 1 N–H and O–H groups in total. The van der Waals surface area contributed by atoms with Crippen LogP contribution in [-0.2, 0) is 4.74 Å². The molecule has 0 unspecified atom stereocenters. The summed E-state index contributed by atoms with van der Waals surface area (Å²) in [6.45, 7) is 3.91. The highest BCUT2D eigenvalue weighted by atomic mass is 16.5. The fourth-order valence-corrected chi connectivity index (χ4v) is 3.05. The van der Waals surface area contributed by atoms with Crippen LogP contribution >= 0.6 is 0 Å². The monoisotopic (exact) mass is 243 g/mol. The molecular formula is C14H17N3O. The van der Waals surface area contributed by atoms with Crippen molar-refractivity contribution in [1.82, 2.24) is 4.98 Å². The predicted molar refractivity (Wildman–Crippen MR) is 68.3 cm³/mol. The molecule has 2 fully saturated rings. The highest BCUT2D eigenvalue weighted by Gasteiger charge is 2.41. The summed E-state index contributed by atoms with van der Waals surface area (Å²) < 4.78 is 5.82. The van der Waals surface area contributed by atoms with Crippen molar-refractivity contribution in [2.24, 2.45) is 0 Å². The Kier molecular flexibility index (Phi) is 2.71. The summed E-state index contributed by atoms with van der Waals surface area (Å²) in [5, 5.41) is 12.6. The minimum atomic E-state index is 0.296. The summed E-state index contributed by atoms with van der Waals surface area (Å²) in [5.74, 6) is 0.719. The van der Waals surface area contributed by atoms with Crippen molar-refractivity contribution >= 4 is 5.82 Å². The lowest BCUT2D eigenvalue weighted by molar-refractivity contribution is 0.102. The lowest BCUT2D eigenvalue weighted by Crippen LogP contribution is -2.31. The molecule has 0 spiro atoms. The minimum absolute atomic E-state index is 0.296. The number of fused-ring (bicyclic) bond motifs is 2. The Hall–Kier alpha value is -1.60. The van der Waals surface area contributed by atoms with Gasteiger partial charge in [0.1, 0.15) is 11.9 Å². The second-order valence-corrected chi connectivity index (χ2v) is 5.28. The van der Waals surface area contributed by atoms with Gasteiger partial charge in [-0.25, -0.2) is 4.98 Å². The van der Waals surface area contributed by atoms with E-state index in [2.05, 4.69) is 16.4 Å². The van der Waals surface area contributed by atoms with Crippen molar-refractivity contribution in [2.75, 3.05) is 5.32 Å². The first kappa shape index (κ1) is 11.5. The van der Waals surface area contributed by atoms with E-state index in [4.69, 9.17) is 4.74 Å². The summed E-state index contributed by atoms with van der Waals surface area (Å²) in [6.07, 6.45) is 4.03. The molecule has 18 heavy (non-hydrogen) atoms. The summed E-state index contributed by atoms with van der Waals surface area (Å²) in [7, 11) is 0. The highest BCUT2D eigenvalue weighted by molar-refractivity contribution is 5.57. The van der Waals surface area contributed by atoms with Crippen molar-refractivity contribution < 1.29 is 4.74 Å². The quantitative estimate of drug-likeness (QED) is 0.866. The fraction of sp³-hybridized carbons (Fsp3) is 0.571. The molecule has 0 aromatic carbocycles. The summed E-state index contributed by atoms with van der Waals surface area (Å²) >= 11 is 0. The number of hydrogen-bond acceptors (Lipinski definition) is 4. The summed E-state index contributed by atoms with van der Waals surface area (Å²) in [5.41, 5.74) is 2.58. The topological polar surface area (TPSA) is 57.9 Å². The van der Waals surface area contributed by atoms with Crippen LogP contribution in [0.25, 0.3) is 0 Å². The van der Waals surface area contributed by atoms with Crippen molar-refractivity contribution in [3.8, 4) is 6.07 Å². The number of nitriles is 1. The van der Waals surface area contributed by atoms with E-state index in [-0.39, 0.29) is 0 Å². The summed E-state index contributed by atoms with van der Waals surface area (Å²) in [4.78, 5) is 4.46. The zero-order chi connectivity index (χ0) is 12.7. The van der Waals surface area contributed by atoms with Gasteiger partial charge in [0, 0.05) is 5.69 Å². The van der Waals surface area contributed by atoms with Crippen LogP contribution in [0.5, 0.6) is 0 Å². The Labute approximate surface area is 107 Å². The van der Waals surface area contributed by atoms with E-state index in [1.165, 1.54) is 6.42 Å². The third kappa shape index (κ3) is 1.85. The first-order valence-corrected chi connectivity index (χ1v) is 6.47. The molecule has 4 heteroatoms. The molecule has 3 heterocycles. The maximum Gasteiger partial charge on any atom is 0.144 e. The molecule has 3 rings (SSSR count). The number of aryl methyl sites for hydroxylation is 2. The van der Waals surface area contributed by atoms with Crippen LogP contribution in [0, 0.1) is 25.2 Å². The number of hydrogen-bond donors (Lipinski definition) is 1. The largest absolute Gasteiger partial charge is 0.373 e. The Morgan fingerprint density at radius 3 is 2.89 bits per heavy atom. The van der Waals surface area contributed by atoms with Crippen molar-refractivity contribution in [3.05, 3.63) is 22.9 Å². The zero-order valence-corrected chi connectivity index (χ0v) is 10.7. The van der Waals surface area contributed by atoms with Gasteiger partial charge >= 0.3 is 0 Å². The maximum atomic E-state index is 9.23. The molecule has 2 saturated heterocycles. The molecule has 94 valence electrons. The third-order valence-electron chi connectivity index (χ3n) is 3.88. The molecule has 1 aromatic rings. The van der Waals surface area contributed by atoms with E-state index < -0.39 is 0 Å². The number of ether oxygens (including phenoxy) is 1. The van der Waals surface area contributed by atoms with Crippen LogP contribution < -0.4 is 5.32 Å². The fourth-order valence-electron chi connectivity index (χ4n) is 3.05. The lowest BCUT2D eigenvalue weighted by atomic mass is 9.95. The molecule has 0 saturated carbocycles. The van der Waals surface area contributed by atoms with Gasteiger partial charge in [0.15, 0.2) is 0 Å². The Morgan fingerprint density at radius 1 is 1.44 bits per heavy atom. The Morgan fingerprint density at radius 2 is 2.28 bits per heavy atom. The van der Waals surface area contributed by atoms with E-state index in [0.717, 1.165) is 29.9 Å². The van der Waals surface area contributed by atoms with Crippen LogP contribution in [0.4, 0.5) is 5.82 Å². The average molecular weight is 243 g/mol. The van der Waals surface area contributed by atoms with Gasteiger partial charge in [-0.3, -0.25) is 0 Å². The van der Waals surface area contributed by atoms with Crippen LogP contribution in [0.1, 0.15) is 36.1 Å². The van der Waals surface area contributed by atoms with E-state index >= 15 is 0 Å². The van der Waals surface area contributed by atoms with Crippen LogP contribution in [0.3, 0.4) is 0 Å². The molecule has 0 amide bonds. The van der Waals surface area contributed by atoms with Crippen molar-refractivity contribution in [1.29, 1.82) is 5.26 Å². The SMILES string of the molecule is Cc1cc(C)c(C#N)c(N[C@H]2C[C@H]3CC[C@@H]2O3)n1. The zero-order valence-electron chi connectivity index (χ0n) is 10.7. The standard InChI is InChI=1S/C14H17N3O/c1-8-5-9(2)16-14(11(8)7-15)17-12-6-10-3-4-13(12)18-10/h5,10,12-13H,3-4,6H2,1-2H3,(H,16,17)/t10-,12+,13+/m1/s1. The lowest BCUT2D eigenvalue weighted by Gasteiger charge is -2.21. The number of pyridine rings is 1. The minimum Gasteiger partial charge on any atom is -0.373 e. The molecular weight excluding hydrogens is 226 g/mol. The van der Waals surface area contributed by atoms with Crippen molar-refractivity contribution in [3.63, 3.8) is 0 Å². The van der Waals surface area contributed by atoms with Gasteiger partial charge in [-0.15, -0.1) is 0 Å². The van der Waals surface area contributed by atoms with Gasteiger partial charge in [-0.1, -0.05) is 0 Å². The molecule has 4 nitrogen and oxygen atoms in total. The number of aromatic nitrogens is 1. The number of rotatable bonds is 2. The van der Waals surface area contributed by atoms with Gasteiger partial charge < -0.3 is 10.1 Å². The molecule has 3 atom stereocenters. The molecule has 0 radical (unpaired) electrons. The van der Waals surface area contributed by atoms with E-state index in [0.29, 0.717) is 23.8 Å². The van der Waals surface area contributed by atoms with Gasteiger partial charge in [0.05, 0.1) is 23.8 Å². The van der Waals surface area contributed by atoms with Gasteiger partial charge in [0.2, 0.25) is 0 Å². The van der Waals surface area contributed by atoms with Crippen LogP contribution in [-0.4, -0.2) is 23.2 Å². The summed E-state index contributed by atoms with van der Waals surface area (Å²) in [6, 6.07) is 4.50. The molecule has 2 bridgehead atoms. The second-order valence-electron chi connectivity index (χ2n) is 5.28. The average Bonchev–Trinajstić information content (AvgIpc) is 2.90. The normalized spacial score (nSPS) is 29.3. The molecule has 0 aliphatic carbocycles.